The van der Waals surface area contributed by atoms with Crippen molar-refractivity contribution in [2.45, 2.75) is 30.4 Å². The van der Waals surface area contributed by atoms with Crippen LogP contribution in [0.25, 0.3) is 5.57 Å². The fourth-order valence-corrected chi connectivity index (χ4v) is 11.5. The number of carbonyl (C=O) groups is 7. The standard InChI is InChI=1S/C35H30N2O11S3/c1-16-12-13-19-20(14-16)37(21(38)15-36-28(39)17-10-8-9-11-18(17)29(36)40)34(2,3)27-22(19)35(23(30(41)45-4)24(49-27)31(42)46-5)50-25(32(43)47-6)26(51-35)33(44)48-7/h8-14H,15H2,1-7H3. The molecular formula is C35H30N2O11S3. The van der Waals surface area contributed by atoms with E-state index >= 15 is 0 Å². The van der Waals surface area contributed by atoms with E-state index in [9.17, 15) is 33.6 Å². The predicted molar refractivity (Wildman–Crippen MR) is 189 cm³/mol. The number of rotatable bonds is 6. The average Bonchev–Trinajstić information content (AvgIpc) is 3.62. The van der Waals surface area contributed by atoms with Gasteiger partial charge in [0.15, 0.2) is 0 Å². The maximum atomic E-state index is 14.6. The number of imide groups is 1. The summed E-state index contributed by atoms with van der Waals surface area (Å²) in [6.07, 6.45) is 0. The molecule has 16 heteroatoms. The summed E-state index contributed by atoms with van der Waals surface area (Å²) in [5.41, 5.74) is 0.757. The molecule has 4 aliphatic heterocycles. The Morgan fingerprint density at radius 3 is 1.73 bits per heavy atom. The van der Waals surface area contributed by atoms with Crippen molar-refractivity contribution in [1.29, 1.82) is 0 Å². The number of esters is 4. The molecule has 0 atom stereocenters. The lowest BCUT2D eigenvalue weighted by atomic mass is 9.83. The zero-order valence-electron chi connectivity index (χ0n) is 28.4. The number of ether oxygens (including phenoxy) is 4. The van der Waals surface area contributed by atoms with E-state index in [1.807, 2.05) is 6.92 Å². The first-order valence-corrected chi connectivity index (χ1v) is 17.7. The molecule has 0 aliphatic carbocycles. The number of hydrogen-bond acceptors (Lipinski definition) is 14. The number of anilines is 1. The van der Waals surface area contributed by atoms with E-state index < -0.39 is 57.8 Å². The summed E-state index contributed by atoms with van der Waals surface area (Å²) >= 11 is 2.51. The van der Waals surface area contributed by atoms with Gasteiger partial charge in [-0.3, -0.25) is 19.3 Å². The molecule has 51 heavy (non-hydrogen) atoms. The fourth-order valence-electron chi connectivity index (χ4n) is 6.46. The van der Waals surface area contributed by atoms with Crippen molar-refractivity contribution in [3.8, 4) is 0 Å². The number of carbonyl (C=O) groups excluding carboxylic acids is 7. The molecule has 2 aromatic carbocycles. The highest BCUT2D eigenvalue weighted by Gasteiger charge is 2.62. The Bertz CT molecular complexity index is 2040. The van der Waals surface area contributed by atoms with Crippen molar-refractivity contribution < 1.29 is 52.5 Å². The molecule has 2 aromatic rings. The molecule has 0 aromatic heterocycles. The summed E-state index contributed by atoms with van der Waals surface area (Å²) in [5, 5.41) is 0. The highest BCUT2D eigenvalue weighted by atomic mass is 32.2. The molecule has 0 bridgehead atoms. The Morgan fingerprint density at radius 2 is 1.22 bits per heavy atom. The molecule has 0 saturated heterocycles. The van der Waals surface area contributed by atoms with Gasteiger partial charge in [-0.1, -0.05) is 59.6 Å². The van der Waals surface area contributed by atoms with Crippen LogP contribution in [0, 0.1) is 6.92 Å². The summed E-state index contributed by atoms with van der Waals surface area (Å²) in [6, 6.07) is 11.6. The third-order valence-electron chi connectivity index (χ3n) is 8.72. The summed E-state index contributed by atoms with van der Waals surface area (Å²) in [5.74, 6) is -5.43. The number of aryl methyl sites for hydroxylation is 1. The Labute approximate surface area is 304 Å². The Morgan fingerprint density at radius 1 is 0.706 bits per heavy atom. The lowest BCUT2D eigenvalue weighted by Gasteiger charge is -2.51. The van der Waals surface area contributed by atoms with E-state index in [4.69, 9.17) is 18.9 Å². The van der Waals surface area contributed by atoms with Crippen LogP contribution in [-0.4, -0.2) is 91.1 Å². The van der Waals surface area contributed by atoms with E-state index in [1.165, 1.54) is 17.0 Å². The normalized spacial score (nSPS) is 18.4. The minimum absolute atomic E-state index is 0.172. The molecule has 4 heterocycles. The number of amides is 3. The van der Waals surface area contributed by atoms with Crippen molar-refractivity contribution >= 4 is 88.1 Å². The van der Waals surface area contributed by atoms with Gasteiger partial charge >= 0.3 is 23.9 Å². The fraction of sp³-hybridized carbons (Fsp3) is 0.286. The van der Waals surface area contributed by atoms with E-state index in [0.717, 1.165) is 74.2 Å². The summed E-state index contributed by atoms with van der Waals surface area (Å²) < 4.78 is 18.7. The topological polar surface area (TPSA) is 163 Å². The molecule has 3 amide bonds. The predicted octanol–water partition coefficient (Wildman–Crippen LogP) is 4.21. The minimum Gasteiger partial charge on any atom is -0.466 e. The van der Waals surface area contributed by atoms with Crippen LogP contribution in [0.15, 0.2) is 67.7 Å². The monoisotopic (exact) mass is 750 g/mol. The van der Waals surface area contributed by atoms with E-state index in [1.54, 1.807) is 44.2 Å². The van der Waals surface area contributed by atoms with Crippen LogP contribution in [0.4, 0.5) is 5.69 Å². The van der Waals surface area contributed by atoms with Crippen LogP contribution >= 0.6 is 35.3 Å². The van der Waals surface area contributed by atoms with Crippen LogP contribution in [0.1, 0.15) is 45.7 Å². The van der Waals surface area contributed by atoms with Gasteiger partial charge in [-0.2, -0.15) is 0 Å². The Balaban J connectivity index is 1.59. The quantitative estimate of drug-likeness (QED) is 0.234. The van der Waals surface area contributed by atoms with Gasteiger partial charge in [0.2, 0.25) is 5.91 Å². The third-order valence-corrected chi connectivity index (χ3v) is 13.4. The Hall–Kier alpha value is -4.80. The van der Waals surface area contributed by atoms with E-state index in [0.29, 0.717) is 21.7 Å². The molecule has 264 valence electrons. The van der Waals surface area contributed by atoms with Gasteiger partial charge in [0, 0.05) is 16.0 Å². The van der Waals surface area contributed by atoms with Crippen LogP contribution in [-0.2, 0) is 42.9 Å². The van der Waals surface area contributed by atoms with Crippen LogP contribution in [0.5, 0.6) is 0 Å². The number of benzene rings is 2. The van der Waals surface area contributed by atoms with Gasteiger partial charge in [-0.15, -0.1) is 0 Å². The van der Waals surface area contributed by atoms with Gasteiger partial charge in [-0.05, 0) is 44.5 Å². The second-order valence-electron chi connectivity index (χ2n) is 12.0. The zero-order valence-corrected chi connectivity index (χ0v) is 30.8. The van der Waals surface area contributed by atoms with Crippen LogP contribution < -0.4 is 4.90 Å². The van der Waals surface area contributed by atoms with Gasteiger partial charge in [0.1, 0.15) is 25.3 Å². The molecule has 1 spiro atoms. The van der Waals surface area contributed by atoms with Crippen molar-refractivity contribution in [2.24, 2.45) is 0 Å². The largest absolute Gasteiger partial charge is 0.466 e. The molecule has 6 rings (SSSR count). The lowest BCUT2D eigenvalue weighted by Crippen LogP contribution is -2.56. The van der Waals surface area contributed by atoms with Crippen LogP contribution in [0.2, 0.25) is 0 Å². The average molecular weight is 751 g/mol. The number of fused-ring (bicyclic) bond motifs is 4. The molecular weight excluding hydrogens is 721 g/mol. The summed E-state index contributed by atoms with van der Waals surface area (Å²) in [6.45, 7) is 4.65. The maximum absolute atomic E-state index is 14.6. The van der Waals surface area contributed by atoms with Gasteiger partial charge in [-0.25, -0.2) is 19.2 Å². The smallest absolute Gasteiger partial charge is 0.345 e. The lowest BCUT2D eigenvalue weighted by molar-refractivity contribution is -0.138. The zero-order chi connectivity index (χ0) is 37.2. The summed E-state index contributed by atoms with van der Waals surface area (Å²) in [4.78, 5) is 97.3. The molecule has 0 radical (unpaired) electrons. The highest BCUT2D eigenvalue weighted by Crippen LogP contribution is 2.71. The first-order chi connectivity index (χ1) is 24.2. The van der Waals surface area contributed by atoms with Gasteiger partial charge in [0.25, 0.3) is 11.8 Å². The molecule has 0 N–H and O–H groups in total. The molecule has 0 saturated carbocycles. The SMILES string of the molecule is COC(=O)C1=C(C(=O)OC)SC2(S1)C(C(=O)OC)=C(C(=O)OC)SC1=C2c2ccc(C)cc2N(C(=O)CN2C(=O)c3ccccc3C2=O)C1(C)C. The minimum atomic E-state index is -1.75. The first-order valence-electron chi connectivity index (χ1n) is 15.2. The highest BCUT2D eigenvalue weighted by molar-refractivity contribution is 8.26. The first kappa shape index (κ1) is 36.0. The Kier molecular flexibility index (Phi) is 9.23. The van der Waals surface area contributed by atoms with Gasteiger partial charge < -0.3 is 23.8 Å². The molecule has 0 fully saturated rings. The third kappa shape index (κ3) is 5.38. The van der Waals surface area contributed by atoms with E-state index in [-0.39, 0.29) is 31.4 Å². The van der Waals surface area contributed by atoms with Crippen molar-refractivity contribution in [3.63, 3.8) is 0 Å². The number of thioether (sulfide) groups is 3. The number of methoxy groups -OCH3 is 4. The molecule has 13 nitrogen and oxygen atoms in total. The molecule has 0 unspecified atom stereocenters. The number of hydrogen-bond donors (Lipinski definition) is 0. The van der Waals surface area contributed by atoms with Crippen molar-refractivity contribution in [3.05, 3.63) is 89.9 Å². The van der Waals surface area contributed by atoms with Crippen molar-refractivity contribution in [1.82, 2.24) is 4.90 Å². The second kappa shape index (κ2) is 13.1. The van der Waals surface area contributed by atoms with Gasteiger partial charge in [0.05, 0.1) is 56.4 Å². The second-order valence-corrected chi connectivity index (χ2v) is 15.7. The van der Waals surface area contributed by atoms with Crippen LogP contribution in [0.3, 0.4) is 0 Å². The van der Waals surface area contributed by atoms with E-state index in [2.05, 4.69) is 0 Å². The molecule has 4 aliphatic rings. The summed E-state index contributed by atoms with van der Waals surface area (Å²) in [7, 11) is 4.54. The van der Waals surface area contributed by atoms with Crippen molar-refractivity contribution in [2.75, 3.05) is 39.9 Å². The maximum Gasteiger partial charge on any atom is 0.345 e. The number of nitrogens with zero attached hydrogens (tertiary/aromatic N) is 2.